The van der Waals surface area contributed by atoms with Crippen molar-refractivity contribution in [3.8, 4) is 0 Å². The lowest BCUT2D eigenvalue weighted by atomic mass is 10.1. The number of para-hydroxylation sites is 1. The highest BCUT2D eigenvalue weighted by atomic mass is 32.2. The average molecular weight is 447 g/mol. The largest absolute Gasteiger partial charge is 0.339 e. The third-order valence-electron chi connectivity index (χ3n) is 6.01. The van der Waals surface area contributed by atoms with E-state index in [2.05, 4.69) is 10.4 Å². The molecule has 1 atom stereocenters. The molecule has 3 aliphatic heterocycles. The second-order valence-corrected chi connectivity index (χ2v) is 10.5. The molecule has 1 aromatic rings. The third kappa shape index (κ3) is 4.48. The zero-order chi connectivity index (χ0) is 22.2. The fourth-order valence-electron chi connectivity index (χ4n) is 4.28. The molecule has 166 valence electrons. The van der Waals surface area contributed by atoms with E-state index >= 15 is 0 Å². The lowest BCUT2D eigenvalue weighted by Gasteiger charge is -2.27. The molecule has 0 spiro atoms. The summed E-state index contributed by atoms with van der Waals surface area (Å²) in [5.41, 5.74) is 1.79. The first-order chi connectivity index (χ1) is 14.7. The number of rotatable bonds is 4. The predicted molar refractivity (Wildman–Crippen MR) is 116 cm³/mol. The number of carbonyl (C=O) groups excluding carboxylic acids is 3. The highest BCUT2D eigenvalue weighted by Gasteiger charge is 2.37. The van der Waals surface area contributed by atoms with Crippen molar-refractivity contribution in [3.05, 3.63) is 29.3 Å². The van der Waals surface area contributed by atoms with Gasteiger partial charge >= 0.3 is 0 Å². The van der Waals surface area contributed by atoms with Crippen LogP contribution in [0.2, 0.25) is 0 Å². The maximum atomic E-state index is 13.0. The van der Waals surface area contributed by atoms with Gasteiger partial charge in [0.1, 0.15) is 5.71 Å². The van der Waals surface area contributed by atoms with Crippen molar-refractivity contribution in [3.63, 3.8) is 0 Å². The predicted octanol–water partition coefficient (Wildman–Crippen LogP) is 1.34. The molecular weight excluding hydrogens is 420 g/mol. The first kappa shape index (κ1) is 21.5. The smallest absolute Gasteiger partial charge is 0.271 e. The molecule has 3 amide bonds. The summed E-state index contributed by atoms with van der Waals surface area (Å²) in [4.78, 5) is 40.0. The fourth-order valence-corrected chi connectivity index (χ4v) is 5.97. The summed E-state index contributed by atoms with van der Waals surface area (Å²) in [5, 5.41) is 8.20. The lowest BCUT2D eigenvalue weighted by molar-refractivity contribution is -0.133. The number of nitrogens with zero attached hydrogens (tertiary/aromatic N) is 3. The molecule has 1 unspecified atom stereocenters. The van der Waals surface area contributed by atoms with Crippen LogP contribution in [-0.2, 0) is 19.4 Å². The molecule has 3 heterocycles. The Balaban J connectivity index is 1.56. The number of likely N-dealkylation sites (tertiary alicyclic amines) is 1. The van der Waals surface area contributed by atoms with E-state index in [-0.39, 0.29) is 41.9 Å². The Bertz CT molecular complexity index is 1060. The van der Waals surface area contributed by atoms with Crippen LogP contribution in [0.5, 0.6) is 0 Å². The molecule has 0 radical (unpaired) electrons. The van der Waals surface area contributed by atoms with Crippen LogP contribution in [-0.4, -0.2) is 72.4 Å². The summed E-state index contributed by atoms with van der Waals surface area (Å²) in [7, 11) is -3.19. The van der Waals surface area contributed by atoms with Crippen LogP contribution in [0, 0.1) is 6.92 Å². The van der Waals surface area contributed by atoms with E-state index in [1.54, 1.807) is 17.0 Å². The molecule has 0 aliphatic carbocycles. The van der Waals surface area contributed by atoms with E-state index in [4.69, 9.17) is 0 Å². The zero-order valence-electron chi connectivity index (χ0n) is 17.5. The van der Waals surface area contributed by atoms with Crippen LogP contribution in [0.25, 0.3) is 0 Å². The molecule has 2 fully saturated rings. The summed E-state index contributed by atoms with van der Waals surface area (Å²) >= 11 is 0. The van der Waals surface area contributed by atoms with Gasteiger partial charge in [0.15, 0.2) is 9.84 Å². The van der Waals surface area contributed by atoms with E-state index in [9.17, 15) is 22.8 Å². The molecule has 3 aliphatic rings. The second-order valence-electron chi connectivity index (χ2n) is 8.29. The zero-order valence-corrected chi connectivity index (χ0v) is 18.3. The normalized spacial score (nSPS) is 23.1. The van der Waals surface area contributed by atoms with Crippen molar-refractivity contribution in [2.75, 3.05) is 29.9 Å². The molecule has 9 nitrogen and oxygen atoms in total. The Morgan fingerprint density at radius 3 is 2.58 bits per heavy atom. The molecule has 0 saturated carbocycles. The van der Waals surface area contributed by atoms with Crippen molar-refractivity contribution < 1.29 is 22.8 Å². The van der Waals surface area contributed by atoms with Gasteiger partial charge in [0, 0.05) is 25.9 Å². The van der Waals surface area contributed by atoms with E-state index < -0.39 is 21.8 Å². The number of hydrogen-bond donors (Lipinski definition) is 1. The Morgan fingerprint density at radius 2 is 1.90 bits per heavy atom. The van der Waals surface area contributed by atoms with Crippen LogP contribution >= 0.6 is 0 Å². The van der Waals surface area contributed by atoms with Gasteiger partial charge in [-0.3, -0.25) is 14.4 Å². The monoisotopic (exact) mass is 446 g/mol. The molecular formula is C21H26N4O5S. The maximum absolute atomic E-state index is 13.0. The molecule has 0 bridgehead atoms. The quantitative estimate of drug-likeness (QED) is 0.749. The third-order valence-corrected chi connectivity index (χ3v) is 7.76. The van der Waals surface area contributed by atoms with E-state index in [0.29, 0.717) is 30.8 Å². The Morgan fingerprint density at radius 1 is 1.16 bits per heavy atom. The highest BCUT2D eigenvalue weighted by Crippen LogP contribution is 2.26. The van der Waals surface area contributed by atoms with Gasteiger partial charge in [-0.1, -0.05) is 12.1 Å². The standard InChI is InChI=1S/C21H26N4O5S/c1-14-5-4-6-16(21(28)24-10-2-3-11-24)19(14)22-20(27)17-7-8-18(26)25(23-17)15-9-12-31(29,30)13-15/h4-6,15H,2-3,7-13H2,1H3,(H,22,27). The molecule has 4 rings (SSSR count). The summed E-state index contributed by atoms with van der Waals surface area (Å²) < 4.78 is 23.6. The Kier molecular flexibility index (Phi) is 5.83. The lowest BCUT2D eigenvalue weighted by Crippen LogP contribution is -2.42. The number of amides is 3. The van der Waals surface area contributed by atoms with Crippen molar-refractivity contribution in [2.45, 2.75) is 45.1 Å². The van der Waals surface area contributed by atoms with Crippen molar-refractivity contribution in [1.29, 1.82) is 0 Å². The van der Waals surface area contributed by atoms with E-state index in [1.807, 2.05) is 13.0 Å². The van der Waals surface area contributed by atoms with Crippen molar-refractivity contribution in [1.82, 2.24) is 9.91 Å². The Hall–Kier alpha value is -2.75. The fraction of sp³-hybridized carbons (Fsp3) is 0.524. The molecule has 10 heteroatoms. The van der Waals surface area contributed by atoms with Gasteiger partial charge in [0.05, 0.1) is 28.8 Å². The summed E-state index contributed by atoms with van der Waals surface area (Å²) in [6, 6.07) is 4.77. The maximum Gasteiger partial charge on any atom is 0.271 e. The van der Waals surface area contributed by atoms with Crippen LogP contribution in [0.3, 0.4) is 0 Å². The van der Waals surface area contributed by atoms with Gasteiger partial charge in [0.2, 0.25) is 5.91 Å². The van der Waals surface area contributed by atoms with Gasteiger partial charge in [-0.05, 0) is 37.8 Å². The van der Waals surface area contributed by atoms with Crippen LogP contribution < -0.4 is 5.32 Å². The van der Waals surface area contributed by atoms with Gasteiger partial charge < -0.3 is 10.2 Å². The molecule has 1 N–H and O–H groups in total. The first-order valence-corrected chi connectivity index (χ1v) is 12.4. The minimum Gasteiger partial charge on any atom is -0.339 e. The minimum atomic E-state index is -3.19. The number of hydrazone groups is 1. The van der Waals surface area contributed by atoms with Gasteiger partial charge in [0.25, 0.3) is 11.8 Å². The molecule has 0 aromatic heterocycles. The van der Waals surface area contributed by atoms with Crippen LogP contribution in [0.4, 0.5) is 5.69 Å². The summed E-state index contributed by atoms with van der Waals surface area (Å²) in [6.45, 7) is 3.22. The number of benzene rings is 1. The molecule has 2 saturated heterocycles. The van der Waals surface area contributed by atoms with Crippen LogP contribution in [0.1, 0.15) is 48.0 Å². The number of carbonyl (C=O) groups is 3. The van der Waals surface area contributed by atoms with Crippen molar-refractivity contribution >= 4 is 39.0 Å². The Labute approximate surface area is 181 Å². The number of hydrogen-bond acceptors (Lipinski definition) is 6. The molecule has 1 aromatic carbocycles. The SMILES string of the molecule is Cc1cccc(C(=O)N2CCCC2)c1NC(=O)C1=NN(C2CCS(=O)(=O)C2)C(=O)CC1. The summed E-state index contributed by atoms with van der Waals surface area (Å²) in [5.74, 6) is -0.995. The van der Waals surface area contributed by atoms with Gasteiger partial charge in [-0.25, -0.2) is 13.4 Å². The van der Waals surface area contributed by atoms with E-state index in [1.165, 1.54) is 0 Å². The first-order valence-electron chi connectivity index (χ1n) is 10.6. The summed E-state index contributed by atoms with van der Waals surface area (Å²) in [6.07, 6.45) is 2.52. The average Bonchev–Trinajstić information content (AvgIpc) is 3.39. The number of aryl methyl sites for hydroxylation is 1. The number of nitrogens with one attached hydrogen (secondary N) is 1. The molecule has 31 heavy (non-hydrogen) atoms. The number of sulfone groups is 1. The van der Waals surface area contributed by atoms with Crippen molar-refractivity contribution in [2.24, 2.45) is 5.10 Å². The number of anilines is 1. The highest BCUT2D eigenvalue weighted by molar-refractivity contribution is 7.91. The topological polar surface area (TPSA) is 116 Å². The van der Waals surface area contributed by atoms with Crippen LogP contribution in [0.15, 0.2) is 23.3 Å². The van der Waals surface area contributed by atoms with E-state index in [0.717, 1.165) is 23.4 Å². The second kappa shape index (κ2) is 8.41. The van der Waals surface area contributed by atoms with Gasteiger partial charge in [-0.2, -0.15) is 5.10 Å². The van der Waals surface area contributed by atoms with Gasteiger partial charge in [-0.15, -0.1) is 0 Å². The minimum absolute atomic E-state index is 0.0175.